The van der Waals surface area contributed by atoms with Crippen molar-refractivity contribution < 1.29 is 14.5 Å². The second-order valence-corrected chi connectivity index (χ2v) is 3.89. The number of nitro benzene ring substituents is 1. The summed E-state index contributed by atoms with van der Waals surface area (Å²) in [5.74, 6) is 0. The van der Waals surface area contributed by atoms with E-state index in [2.05, 4.69) is 0 Å². The van der Waals surface area contributed by atoms with E-state index in [-0.39, 0.29) is 11.8 Å². The van der Waals surface area contributed by atoms with Crippen molar-refractivity contribution >= 4 is 17.7 Å². The van der Waals surface area contributed by atoms with E-state index in [0.717, 1.165) is 0 Å². The van der Waals surface area contributed by atoms with E-state index in [0.29, 0.717) is 30.6 Å². The van der Waals surface area contributed by atoms with Crippen LogP contribution >= 0.6 is 0 Å². The zero-order valence-corrected chi connectivity index (χ0v) is 9.33. The van der Waals surface area contributed by atoms with Crippen molar-refractivity contribution in [1.82, 2.24) is 0 Å². The van der Waals surface area contributed by atoms with Gasteiger partial charge in [0.15, 0.2) is 0 Å². The minimum absolute atomic E-state index is 0.0187. The van der Waals surface area contributed by atoms with Gasteiger partial charge in [0.05, 0.1) is 11.0 Å². The number of anilines is 1. The molecule has 0 aromatic heterocycles. The molecule has 0 unspecified atom stereocenters. The summed E-state index contributed by atoms with van der Waals surface area (Å²) in [4.78, 5) is 22.9. The standard InChI is InChI=1S/C11H12N2O4/c1-17-9-5-12(6-9)11-4-8(7-14)2-3-10(11)13(15)16/h2-4,7,9H,5-6H2,1H3. The monoisotopic (exact) mass is 236 g/mol. The molecule has 0 spiro atoms. The lowest BCUT2D eigenvalue weighted by atomic mass is 10.1. The Kier molecular flexibility index (Phi) is 3.06. The third kappa shape index (κ3) is 2.12. The van der Waals surface area contributed by atoms with Gasteiger partial charge in [-0.05, 0) is 12.1 Å². The normalized spacial score (nSPS) is 15.5. The van der Waals surface area contributed by atoms with E-state index in [1.165, 1.54) is 18.2 Å². The minimum atomic E-state index is -0.440. The molecule has 1 aliphatic heterocycles. The Morgan fingerprint density at radius 1 is 1.53 bits per heavy atom. The highest BCUT2D eigenvalue weighted by Crippen LogP contribution is 2.32. The molecule has 1 aromatic carbocycles. The molecule has 6 heteroatoms. The number of ether oxygens (including phenoxy) is 1. The molecule has 0 atom stereocenters. The largest absolute Gasteiger partial charge is 0.378 e. The average Bonchev–Trinajstić information content (AvgIpc) is 2.27. The summed E-state index contributed by atoms with van der Waals surface area (Å²) in [5.41, 5.74) is 0.935. The number of nitro groups is 1. The molecule has 0 aliphatic carbocycles. The Bertz CT molecular complexity index is 455. The maximum Gasteiger partial charge on any atom is 0.292 e. The van der Waals surface area contributed by atoms with Gasteiger partial charge in [0, 0.05) is 31.8 Å². The van der Waals surface area contributed by atoms with Gasteiger partial charge in [0.25, 0.3) is 5.69 Å². The van der Waals surface area contributed by atoms with E-state index in [4.69, 9.17) is 4.74 Å². The van der Waals surface area contributed by atoms with Crippen LogP contribution in [0.2, 0.25) is 0 Å². The molecular formula is C11H12N2O4. The van der Waals surface area contributed by atoms with Crippen LogP contribution in [0.3, 0.4) is 0 Å². The second-order valence-electron chi connectivity index (χ2n) is 3.89. The van der Waals surface area contributed by atoms with Crippen LogP contribution < -0.4 is 4.90 Å². The first-order valence-electron chi connectivity index (χ1n) is 5.17. The number of rotatable bonds is 4. The zero-order valence-electron chi connectivity index (χ0n) is 9.33. The molecule has 1 fully saturated rings. The first-order chi connectivity index (χ1) is 8.15. The Balaban J connectivity index is 2.30. The van der Waals surface area contributed by atoms with Crippen LogP contribution in [0.5, 0.6) is 0 Å². The summed E-state index contributed by atoms with van der Waals surface area (Å²) in [6, 6.07) is 4.35. The van der Waals surface area contributed by atoms with Gasteiger partial charge in [0.1, 0.15) is 12.0 Å². The molecule has 0 saturated carbocycles. The summed E-state index contributed by atoms with van der Waals surface area (Å²) >= 11 is 0. The fraction of sp³-hybridized carbons (Fsp3) is 0.364. The topological polar surface area (TPSA) is 72.7 Å². The van der Waals surface area contributed by atoms with Crippen LogP contribution in [0, 0.1) is 10.1 Å². The predicted octanol–water partition coefficient (Wildman–Crippen LogP) is 1.24. The maximum atomic E-state index is 10.9. The molecule has 0 amide bonds. The molecule has 17 heavy (non-hydrogen) atoms. The predicted molar refractivity (Wildman–Crippen MR) is 61.5 cm³/mol. The number of methoxy groups -OCH3 is 1. The summed E-state index contributed by atoms with van der Waals surface area (Å²) in [6.07, 6.45) is 0.787. The lowest BCUT2D eigenvalue weighted by Gasteiger charge is -2.39. The molecule has 1 aromatic rings. The Morgan fingerprint density at radius 3 is 2.76 bits per heavy atom. The van der Waals surface area contributed by atoms with Gasteiger partial charge in [0.2, 0.25) is 0 Å². The molecule has 1 saturated heterocycles. The van der Waals surface area contributed by atoms with Crippen LogP contribution in [0.1, 0.15) is 10.4 Å². The summed E-state index contributed by atoms with van der Waals surface area (Å²) in [7, 11) is 1.61. The smallest absolute Gasteiger partial charge is 0.292 e. The van der Waals surface area contributed by atoms with Crippen molar-refractivity contribution in [3.8, 4) is 0 Å². The van der Waals surface area contributed by atoms with Crippen molar-refractivity contribution in [2.45, 2.75) is 6.10 Å². The van der Waals surface area contributed by atoms with E-state index >= 15 is 0 Å². The Morgan fingerprint density at radius 2 is 2.24 bits per heavy atom. The van der Waals surface area contributed by atoms with Crippen LogP contribution in [0.15, 0.2) is 18.2 Å². The number of aldehydes is 1. The molecular weight excluding hydrogens is 224 g/mol. The lowest BCUT2D eigenvalue weighted by Crippen LogP contribution is -2.52. The molecule has 0 bridgehead atoms. The van der Waals surface area contributed by atoms with E-state index in [1.807, 2.05) is 4.90 Å². The summed E-state index contributed by atoms with van der Waals surface area (Å²) in [6.45, 7) is 1.22. The Hall–Kier alpha value is -1.95. The van der Waals surface area contributed by atoms with Gasteiger partial charge in [-0.2, -0.15) is 0 Å². The second kappa shape index (κ2) is 4.50. The molecule has 2 rings (SSSR count). The molecule has 6 nitrogen and oxygen atoms in total. The fourth-order valence-corrected chi connectivity index (χ4v) is 1.81. The van der Waals surface area contributed by atoms with Crippen LogP contribution in [0.25, 0.3) is 0 Å². The first-order valence-corrected chi connectivity index (χ1v) is 5.17. The van der Waals surface area contributed by atoms with Crippen LogP contribution in [-0.4, -0.2) is 37.5 Å². The average molecular weight is 236 g/mol. The molecule has 1 aliphatic rings. The molecule has 0 N–H and O–H groups in total. The number of hydrogen-bond acceptors (Lipinski definition) is 5. The van der Waals surface area contributed by atoms with Crippen LogP contribution in [0.4, 0.5) is 11.4 Å². The third-order valence-corrected chi connectivity index (χ3v) is 2.85. The van der Waals surface area contributed by atoms with Crippen molar-refractivity contribution in [3.63, 3.8) is 0 Å². The number of carbonyl (C=O) groups is 1. The number of nitrogens with zero attached hydrogens (tertiary/aromatic N) is 2. The van der Waals surface area contributed by atoms with Gasteiger partial charge in [-0.1, -0.05) is 0 Å². The Labute approximate surface area is 97.9 Å². The number of benzene rings is 1. The minimum Gasteiger partial charge on any atom is -0.378 e. The van der Waals surface area contributed by atoms with Gasteiger partial charge < -0.3 is 9.64 Å². The van der Waals surface area contributed by atoms with Gasteiger partial charge in [-0.25, -0.2) is 0 Å². The quantitative estimate of drug-likeness (QED) is 0.447. The first kappa shape index (κ1) is 11.5. The maximum absolute atomic E-state index is 10.9. The summed E-state index contributed by atoms with van der Waals surface area (Å²) in [5, 5.41) is 10.9. The third-order valence-electron chi connectivity index (χ3n) is 2.85. The van der Waals surface area contributed by atoms with Crippen molar-refractivity contribution in [3.05, 3.63) is 33.9 Å². The van der Waals surface area contributed by atoms with Crippen molar-refractivity contribution in [2.24, 2.45) is 0 Å². The highest BCUT2D eigenvalue weighted by atomic mass is 16.6. The van der Waals surface area contributed by atoms with E-state index in [9.17, 15) is 14.9 Å². The highest BCUT2D eigenvalue weighted by molar-refractivity contribution is 5.80. The van der Waals surface area contributed by atoms with E-state index < -0.39 is 4.92 Å². The lowest BCUT2D eigenvalue weighted by molar-refractivity contribution is -0.384. The number of hydrogen-bond donors (Lipinski definition) is 0. The number of carbonyl (C=O) groups excluding carboxylic acids is 1. The highest BCUT2D eigenvalue weighted by Gasteiger charge is 2.31. The van der Waals surface area contributed by atoms with E-state index in [1.54, 1.807) is 7.11 Å². The van der Waals surface area contributed by atoms with Crippen molar-refractivity contribution in [2.75, 3.05) is 25.1 Å². The van der Waals surface area contributed by atoms with Gasteiger partial charge in [-0.15, -0.1) is 0 Å². The zero-order chi connectivity index (χ0) is 12.4. The SMILES string of the molecule is COC1CN(c2cc(C=O)ccc2[N+](=O)[O-])C1. The molecule has 90 valence electrons. The van der Waals surface area contributed by atoms with Crippen molar-refractivity contribution in [1.29, 1.82) is 0 Å². The summed E-state index contributed by atoms with van der Waals surface area (Å²) < 4.78 is 5.11. The molecule has 0 radical (unpaired) electrons. The fourth-order valence-electron chi connectivity index (χ4n) is 1.81. The molecule has 1 heterocycles. The van der Waals surface area contributed by atoms with Gasteiger partial charge >= 0.3 is 0 Å². The van der Waals surface area contributed by atoms with Gasteiger partial charge in [-0.3, -0.25) is 14.9 Å². The van der Waals surface area contributed by atoms with Crippen LogP contribution in [-0.2, 0) is 4.74 Å².